The highest BCUT2D eigenvalue weighted by atomic mass is 79.9. The van der Waals surface area contributed by atoms with E-state index in [0.29, 0.717) is 21.1 Å². The summed E-state index contributed by atoms with van der Waals surface area (Å²) in [4.78, 5) is 3.73. The minimum atomic E-state index is -2.56. The third kappa shape index (κ3) is 2.29. The lowest BCUT2D eigenvalue weighted by Gasteiger charge is -2.10. The number of nitrogens with zero attached hydrogens (tertiary/aromatic N) is 1. The van der Waals surface area contributed by atoms with E-state index in [1.807, 2.05) is 0 Å². The van der Waals surface area contributed by atoms with Crippen molar-refractivity contribution in [1.29, 1.82) is 0 Å². The molecule has 0 saturated carbocycles. The molecule has 14 heavy (non-hydrogen) atoms. The van der Waals surface area contributed by atoms with Crippen molar-refractivity contribution in [2.75, 3.05) is 0 Å². The van der Waals surface area contributed by atoms with Gasteiger partial charge in [0.2, 0.25) is 0 Å². The van der Waals surface area contributed by atoms with Crippen molar-refractivity contribution in [3.8, 4) is 0 Å². The van der Waals surface area contributed by atoms with Gasteiger partial charge in [-0.2, -0.15) is 0 Å². The molecule has 1 aromatic rings. The summed E-state index contributed by atoms with van der Waals surface area (Å²) in [5.41, 5.74) is 0.675. The van der Waals surface area contributed by atoms with Crippen LogP contribution in [0.15, 0.2) is 10.7 Å². The summed E-state index contributed by atoms with van der Waals surface area (Å²) < 4.78 is 25.4. The minimum Gasteiger partial charge on any atom is -0.390 e. The first-order valence-electron chi connectivity index (χ1n) is 3.73. The van der Waals surface area contributed by atoms with Gasteiger partial charge >= 0.3 is 0 Å². The van der Waals surface area contributed by atoms with Gasteiger partial charge < -0.3 is 5.11 Å². The Labute approximate surface area is 96.6 Å². The highest BCUT2D eigenvalue weighted by molar-refractivity contribution is 9.10. The van der Waals surface area contributed by atoms with E-state index >= 15 is 0 Å². The van der Waals surface area contributed by atoms with Crippen molar-refractivity contribution in [1.82, 2.24) is 4.98 Å². The zero-order chi connectivity index (χ0) is 10.7. The third-order valence-corrected chi connectivity index (χ3v) is 3.24. The molecule has 0 aliphatic rings. The van der Waals surface area contributed by atoms with Crippen LogP contribution in [-0.2, 0) is 11.9 Å². The van der Waals surface area contributed by atoms with Gasteiger partial charge in [-0.15, -0.1) is 0 Å². The number of aromatic nitrogens is 1. The highest BCUT2D eigenvalue weighted by Crippen LogP contribution is 2.31. The number of hydrogen-bond acceptors (Lipinski definition) is 2. The van der Waals surface area contributed by atoms with Crippen molar-refractivity contribution in [2.24, 2.45) is 0 Å². The maximum atomic E-state index is 12.5. The smallest absolute Gasteiger partial charge is 0.265 e. The Hall–Kier alpha value is -0.0700. The van der Waals surface area contributed by atoms with E-state index in [1.54, 1.807) is 0 Å². The second-order valence-electron chi connectivity index (χ2n) is 2.55. The lowest BCUT2D eigenvalue weighted by molar-refractivity contribution is 0.149. The van der Waals surface area contributed by atoms with Gasteiger partial charge in [0.15, 0.2) is 0 Å². The molecular formula is C8H7Br2F2NO. The number of aliphatic hydroxyl groups excluding tert-OH is 1. The largest absolute Gasteiger partial charge is 0.390 e. The Morgan fingerprint density at radius 3 is 2.57 bits per heavy atom. The van der Waals surface area contributed by atoms with E-state index in [9.17, 15) is 8.78 Å². The summed E-state index contributed by atoms with van der Waals surface area (Å²) in [5, 5.41) is 9.17. The van der Waals surface area contributed by atoms with Crippen LogP contribution < -0.4 is 0 Å². The molecule has 0 spiro atoms. The SMILES string of the molecule is OCc1ncc(C(F)F)c(CBr)c1Br. The van der Waals surface area contributed by atoms with Gasteiger partial charge in [0, 0.05) is 21.6 Å². The van der Waals surface area contributed by atoms with E-state index in [4.69, 9.17) is 5.11 Å². The van der Waals surface area contributed by atoms with E-state index < -0.39 is 6.43 Å². The van der Waals surface area contributed by atoms with Crippen LogP contribution in [0.3, 0.4) is 0 Å². The van der Waals surface area contributed by atoms with Crippen LogP contribution in [0.4, 0.5) is 8.78 Å². The predicted molar refractivity (Wildman–Crippen MR) is 55.4 cm³/mol. The second kappa shape index (κ2) is 5.14. The molecule has 0 fully saturated rings. The molecule has 0 aliphatic heterocycles. The fourth-order valence-corrected chi connectivity index (χ4v) is 2.59. The van der Waals surface area contributed by atoms with E-state index in [-0.39, 0.29) is 12.2 Å². The first-order chi connectivity index (χ1) is 6.61. The van der Waals surface area contributed by atoms with E-state index in [2.05, 4.69) is 36.8 Å². The van der Waals surface area contributed by atoms with Crippen molar-refractivity contribution in [3.05, 3.63) is 27.5 Å². The molecule has 0 aromatic carbocycles. The topological polar surface area (TPSA) is 33.1 Å². The summed E-state index contributed by atoms with van der Waals surface area (Å²) in [6, 6.07) is 0. The second-order valence-corrected chi connectivity index (χ2v) is 3.90. The predicted octanol–water partition coefficient (Wildman–Crippen LogP) is 3.17. The van der Waals surface area contributed by atoms with Gasteiger partial charge in [0.1, 0.15) is 0 Å². The van der Waals surface area contributed by atoms with Crippen LogP contribution in [0, 0.1) is 0 Å². The monoisotopic (exact) mass is 329 g/mol. The van der Waals surface area contributed by atoms with Gasteiger partial charge in [-0.3, -0.25) is 4.98 Å². The van der Waals surface area contributed by atoms with Gasteiger partial charge in [0.05, 0.1) is 12.3 Å². The fourth-order valence-electron chi connectivity index (χ4n) is 1.02. The number of pyridine rings is 1. The van der Waals surface area contributed by atoms with Crippen LogP contribution in [0.25, 0.3) is 0 Å². The molecule has 0 bridgehead atoms. The van der Waals surface area contributed by atoms with Gasteiger partial charge in [-0.25, -0.2) is 8.78 Å². The third-order valence-electron chi connectivity index (χ3n) is 1.74. The van der Waals surface area contributed by atoms with Crippen molar-refractivity contribution >= 4 is 31.9 Å². The van der Waals surface area contributed by atoms with E-state index in [1.165, 1.54) is 0 Å². The zero-order valence-corrected chi connectivity index (χ0v) is 10.1. The van der Waals surface area contributed by atoms with Gasteiger partial charge in [-0.1, -0.05) is 15.9 Å². The zero-order valence-electron chi connectivity index (χ0n) is 6.98. The molecular weight excluding hydrogens is 324 g/mol. The number of rotatable bonds is 3. The fraction of sp³-hybridized carbons (Fsp3) is 0.375. The van der Waals surface area contributed by atoms with Gasteiger partial charge in [0.25, 0.3) is 6.43 Å². The molecule has 1 rings (SSSR count). The van der Waals surface area contributed by atoms with Crippen molar-refractivity contribution < 1.29 is 13.9 Å². The summed E-state index contributed by atoms with van der Waals surface area (Å²) in [7, 11) is 0. The lowest BCUT2D eigenvalue weighted by Crippen LogP contribution is -2.00. The van der Waals surface area contributed by atoms with Crippen molar-refractivity contribution in [2.45, 2.75) is 18.4 Å². The molecule has 78 valence electrons. The van der Waals surface area contributed by atoms with Crippen molar-refractivity contribution in [3.63, 3.8) is 0 Å². The number of hydrogen-bond donors (Lipinski definition) is 1. The van der Waals surface area contributed by atoms with Crippen LogP contribution in [0.2, 0.25) is 0 Å². The van der Waals surface area contributed by atoms with Crippen LogP contribution in [0.1, 0.15) is 23.2 Å². The van der Waals surface area contributed by atoms with Crippen LogP contribution in [0.5, 0.6) is 0 Å². The molecule has 0 atom stereocenters. The molecule has 6 heteroatoms. The highest BCUT2D eigenvalue weighted by Gasteiger charge is 2.17. The molecule has 2 nitrogen and oxygen atoms in total. The molecule has 0 amide bonds. The molecule has 0 unspecified atom stereocenters. The molecule has 0 radical (unpaired) electrons. The molecule has 1 heterocycles. The summed E-state index contributed by atoms with van der Waals surface area (Å²) >= 11 is 6.25. The van der Waals surface area contributed by atoms with Gasteiger partial charge in [-0.05, 0) is 21.5 Å². The maximum Gasteiger partial charge on any atom is 0.265 e. The first-order valence-corrected chi connectivity index (χ1v) is 5.64. The molecule has 1 aromatic heterocycles. The standard InChI is InChI=1S/C8H7Br2F2NO/c9-1-4-5(8(11)12)2-13-6(3-14)7(4)10/h2,8,14H,1,3H2. The Kier molecular flexibility index (Phi) is 4.40. The Balaban J connectivity index is 3.28. The summed E-state index contributed by atoms with van der Waals surface area (Å²) in [5.74, 6) is 0. The normalized spacial score (nSPS) is 11.0. The lowest BCUT2D eigenvalue weighted by atomic mass is 10.1. The van der Waals surface area contributed by atoms with Crippen LogP contribution >= 0.6 is 31.9 Å². The Morgan fingerprint density at radius 2 is 2.14 bits per heavy atom. The molecule has 0 saturated heterocycles. The Morgan fingerprint density at radius 1 is 1.50 bits per heavy atom. The number of aliphatic hydroxyl groups is 1. The summed E-state index contributed by atoms with van der Waals surface area (Å²) in [6.07, 6.45) is -1.46. The summed E-state index contributed by atoms with van der Waals surface area (Å²) in [6.45, 7) is -0.274. The quantitative estimate of drug-likeness (QED) is 0.863. The Bertz CT molecular complexity index is 333. The molecule has 0 aliphatic carbocycles. The number of alkyl halides is 3. The maximum absolute atomic E-state index is 12.5. The average molecular weight is 331 g/mol. The molecule has 1 N–H and O–H groups in total. The van der Waals surface area contributed by atoms with E-state index in [0.717, 1.165) is 6.20 Å². The number of halogens is 4. The van der Waals surface area contributed by atoms with Crippen LogP contribution in [-0.4, -0.2) is 10.1 Å². The minimum absolute atomic E-state index is 0.119. The first kappa shape index (κ1) is 12.0. The average Bonchev–Trinajstić information content (AvgIpc) is 2.17.